The second-order valence-electron chi connectivity index (χ2n) is 7.09. The van der Waals surface area contributed by atoms with Gasteiger partial charge in [-0.1, -0.05) is 20.8 Å². The Bertz CT molecular complexity index is 421. The number of carbonyl (C=O) groups is 1. The summed E-state index contributed by atoms with van der Waals surface area (Å²) < 4.78 is 5.16. The average Bonchev–Trinajstić information content (AvgIpc) is 2.75. The molecule has 0 unspecified atom stereocenters. The van der Waals surface area contributed by atoms with Gasteiger partial charge in [-0.2, -0.15) is 0 Å². The van der Waals surface area contributed by atoms with Crippen LogP contribution >= 0.6 is 0 Å². The van der Waals surface area contributed by atoms with Crippen molar-refractivity contribution in [3.63, 3.8) is 0 Å². The maximum absolute atomic E-state index is 11.8. The van der Waals surface area contributed by atoms with E-state index in [9.17, 15) is 9.90 Å². The van der Waals surface area contributed by atoms with Crippen LogP contribution in [-0.2, 0) is 9.53 Å². The highest BCUT2D eigenvalue weighted by atomic mass is 16.5. The van der Waals surface area contributed by atoms with Gasteiger partial charge < -0.3 is 9.84 Å². The molecule has 0 saturated heterocycles. The van der Waals surface area contributed by atoms with Crippen molar-refractivity contribution in [1.82, 2.24) is 0 Å². The van der Waals surface area contributed by atoms with Crippen LogP contribution in [0.5, 0.6) is 0 Å². The molecule has 1 saturated carbocycles. The Hall–Kier alpha value is -0.830. The van der Waals surface area contributed by atoms with Crippen molar-refractivity contribution in [1.29, 1.82) is 0 Å². The Morgan fingerprint density at radius 1 is 1.33 bits per heavy atom. The molecule has 0 aromatic heterocycles. The van der Waals surface area contributed by atoms with E-state index in [1.165, 1.54) is 6.42 Å². The normalized spacial score (nSPS) is 42.3. The summed E-state index contributed by atoms with van der Waals surface area (Å²) in [7, 11) is 0. The molecule has 3 heteroatoms. The van der Waals surface area contributed by atoms with Gasteiger partial charge in [0.05, 0.1) is 11.7 Å². The number of aliphatic hydroxyl groups is 1. The molecule has 2 aliphatic carbocycles. The number of aliphatic hydroxyl groups excluding tert-OH is 1. The van der Waals surface area contributed by atoms with Gasteiger partial charge in [0.1, 0.15) is 6.61 Å². The fourth-order valence-electron chi connectivity index (χ4n) is 4.32. The lowest BCUT2D eigenvalue weighted by Gasteiger charge is -2.24. The zero-order valence-electron chi connectivity index (χ0n) is 11.4. The fraction of sp³-hybridized carbons (Fsp3) is 0.800. The summed E-state index contributed by atoms with van der Waals surface area (Å²) in [6.45, 7) is 7.25. The van der Waals surface area contributed by atoms with Gasteiger partial charge in [-0.25, -0.2) is 4.79 Å². The molecule has 4 atom stereocenters. The van der Waals surface area contributed by atoms with Crippen molar-refractivity contribution in [2.24, 2.45) is 23.2 Å². The minimum absolute atomic E-state index is 0.282. The van der Waals surface area contributed by atoms with Gasteiger partial charge in [0.25, 0.3) is 0 Å². The first-order valence-electron chi connectivity index (χ1n) is 6.97. The second-order valence-corrected chi connectivity index (χ2v) is 7.09. The van der Waals surface area contributed by atoms with Gasteiger partial charge in [0, 0.05) is 0 Å². The van der Waals surface area contributed by atoms with Crippen molar-refractivity contribution in [2.75, 3.05) is 6.61 Å². The zero-order valence-corrected chi connectivity index (χ0v) is 11.4. The minimum Gasteiger partial charge on any atom is -0.458 e. The van der Waals surface area contributed by atoms with E-state index in [0.717, 1.165) is 12.0 Å². The largest absolute Gasteiger partial charge is 0.458 e. The summed E-state index contributed by atoms with van der Waals surface area (Å²) in [5.41, 5.74) is 2.04. The lowest BCUT2D eigenvalue weighted by molar-refractivity contribution is -0.137. The van der Waals surface area contributed by atoms with Gasteiger partial charge in [-0.3, -0.25) is 0 Å². The van der Waals surface area contributed by atoms with Crippen LogP contribution < -0.4 is 0 Å². The van der Waals surface area contributed by atoms with E-state index < -0.39 is 6.10 Å². The quantitative estimate of drug-likeness (QED) is 0.671. The Kier molecular flexibility index (Phi) is 2.60. The lowest BCUT2D eigenvalue weighted by atomic mass is 9.81. The highest BCUT2D eigenvalue weighted by Gasteiger charge is 2.49. The molecule has 3 rings (SSSR count). The number of hydrogen-bond donors (Lipinski definition) is 1. The topological polar surface area (TPSA) is 46.5 Å². The first-order valence-corrected chi connectivity index (χ1v) is 6.97. The van der Waals surface area contributed by atoms with Gasteiger partial charge in [-0.05, 0) is 48.0 Å². The molecule has 1 N–H and O–H groups in total. The molecule has 0 amide bonds. The summed E-state index contributed by atoms with van der Waals surface area (Å²) in [5.74, 6) is 1.23. The van der Waals surface area contributed by atoms with Crippen LogP contribution in [0.25, 0.3) is 0 Å². The second kappa shape index (κ2) is 3.83. The van der Waals surface area contributed by atoms with E-state index in [1.807, 2.05) is 0 Å². The van der Waals surface area contributed by atoms with E-state index in [1.54, 1.807) is 0 Å². The average molecular weight is 250 g/mol. The number of rotatable bonds is 0. The number of cyclic esters (lactones) is 1. The SMILES string of the molecule is C[C@H]1C[C@@H](O)C2=C(COC2=O)[C@@H]2CC(C)(C)C[C@@H]12. The van der Waals surface area contributed by atoms with Crippen LogP contribution in [0.2, 0.25) is 0 Å². The monoisotopic (exact) mass is 250 g/mol. The van der Waals surface area contributed by atoms with E-state index in [4.69, 9.17) is 4.74 Å². The highest BCUT2D eigenvalue weighted by Crippen LogP contribution is 2.54. The lowest BCUT2D eigenvalue weighted by Crippen LogP contribution is -2.21. The molecule has 0 aromatic carbocycles. The summed E-state index contributed by atoms with van der Waals surface area (Å²) in [6.07, 6.45) is 2.39. The van der Waals surface area contributed by atoms with Crippen LogP contribution in [0, 0.1) is 23.2 Å². The summed E-state index contributed by atoms with van der Waals surface area (Å²) in [5, 5.41) is 10.2. The first-order chi connectivity index (χ1) is 8.39. The maximum Gasteiger partial charge on any atom is 0.337 e. The molecule has 1 fully saturated rings. The highest BCUT2D eigenvalue weighted by molar-refractivity contribution is 5.93. The molecular formula is C15H22O3. The third kappa shape index (κ3) is 1.71. The molecule has 0 spiro atoms. The predicted molar refractivity (Wildman–Crippen MR) is 67.8 cm³/mol. The van der Waals surface area contributed by atoms with E-state index in [2.05, 4.69) is 20.8 Å². The fourth-order valence-corrected chi connectivity index (χ4v) is 4.32. The molecule has 0 aromatic rings. The van der Waals surface area contributed by atoms with Crippen molar-refractivity contribution in [3.8, 4) is 0 Å². The number of ether oxygens (including phenoxy) is 1. The van der Waals surface area contributed by atoms with Crippen LogP contribution in [0.15, 0.2) is 11.1 Å². The van der Waals surface area contributed by atoms with Crippen LogP contribution in [0.4, 0.5) is 0 Å². The molecule has 100 valence electrons. The van der Waals surface area contributed by atoms with E-state index in [0.29, 0.717) is 41.8 Å². The van der Waals surface area contributed by atoms with Gasteiger partial charge >= 0.3 is 5.97 Å². The number of hydrogen-bond acceptors (Lipinski definition) is 3. The molecule has 0 radical (unpaired) electrons. The molecule has 1 heterocycles. The summed E-state index contributed by atoms with van der Waals surface area (Å²) >= 11 is 0. The van der Waals surface area contributed by atoms with Crippen molar-refractivity contribution < 1.29 is 14.6 Å². The number of esters is 1. The van der Waals surface area contributed by atoms with E-state index >= 15 is 0 Å². The Balaban J connectivity index is 2.03. The molecule has 3 aliphatic rings. The molecule has 1 aliphatic heterocycles. The number of fused-ring (bicyclic) bond motifs is 2. The maximum atomic E-state index is 11.8. The minimum atomic E-state index is -0.612. The Morgan fingerprint density at radius 3 is 2.78 bits per heavy atom. The third-order valence-electron chi connectivity index (χ3n) is 5.11. The Morgan fingerprint density at radius 2 is 2.06 bits per heavy atom. The molecule has 18 heavy (non-hydrogen) atoms. The van der Waals surface area contributed by atoms with Crippen LogP contribution in [0.3, 0.4) is 0 Å². The van der Waals surface area contributed by atoms with Gasteiger partial charge in [0.15, 0.2) is 0 Å². The first kappa shape index (κ1) is 12.2. The van der Waals surface area contributed by atoms with Gasteiger partial charge in [0.2, 0.25) is 0 Å². The smallest absolute Gasteiger partial charge is 0.337 e. The van der Waals surface area contributed by atoms with Crippen LogP contribution in [0.1, 0.15) is 40.0 Å². The van der Waals surface area contributed by atoms with Crippen molar-refractivity contribution in [3.05, 3.63) is 11.1 Å². The summed E-state index contributed by atoms with van der Waals surface area (Å²) in [6, 6.07) is 0. The molecule has 0 bridgehead atoms. The number of carbonyl (C=O) groups excluding carboxylic acids is 1. The summed E-state index contributed by atoms with van der Waals surface area (Å²) in [4.78, 5) is 11.8. The molecular weight excluding hydrogens is 228 g/mol. The van der Waals surface area contributed by atoms with Crippen molar-refractivity contribution >= 4 is 5.97 Å². The molecule has 3 nitrogen and oxygen atoms in total. The Labute approximate surface area is 108 Å². The zero-order chi connectivity index (χ0) is 13.1. The standard InChI is InChI=1S/C15H22O3/c1-8-4-12(16)13-11(7-18-14(13)17)10-6-15(2,3)5-9(8)10/h8-10,12,16H,4-7H2,1-3H3/t8-,9-,10+,12+/m0/s1. The van der Waals surface area contributed by atoms with Crippen molar-refractivity contribution in [2.45, 2.75) is 46.1 Å². The van der Waals surface area contributed by atoms with E-state index in [-0.39, 0.29) is 5.97 Å². The predicted octanol–water partition coefficient (Wildman–Crippen LogP) is 2.29. The third-order valence-corrected chi connectivity index (χ3v) is 5.11. The van der Waals surface area contributed by atoms with Gasteiger partial charge in [-0.15, -0.1) is 0 Å². The van der Waals surface area contributed by atoms with Crippen LogP contribution in [-0.4, -0.2) is 23.8 Å².